The van der Waals surface area contributed by atoms with Crippen molar-refractivity contribution in [1.82, 2.24) is 10.6 Å². The van der Waals surface area contributed by atoms with Crippen LogP contribution in [-0.2, 0) is 61.5 Å². The number of carbonyl (C=O) groups is 5. The molecule has 10 N–H and O–H groups in total. The van der Waals surface area contributed by atoms with Gasteiger partial charge in [-0.2, -0.15) is 0 Å². The Morgan fingerprint density at radius 3 is 1.32 bits per heavy atom. The van der Waals surface area contributed by atoms with Crippen LogP contribution >= 0.6 is 7.82 Å². The van der Waals surface area contributed by atoms with Crippen molar-refractivity contribution in [2.24, 2.45) is 0 Å². The number of nitrogens with one attached hydrogen (secondary N) is 2. The van der Waals surface area contributed by atoms with E-state index in [2.05, 4.69) is 45.3 Å². The molecule has 14 atom stereocenters. The van der Waals surface area contributed by atoms with E-state index in [1.54, 1.807) is 0 Å². The Morgan fingerprint density at radius 1 is 0.466 bits per heavy atom. The molecule has 0 saturated carbocycles. The third-order valence-corrected chi connectivity index (χ3v) is 16.9. The van der Waals surface area contributed by atoms with Crippen molar-refractivity contribution in [2.45, 2.75) is 364 Å². The lowest BCUT2D eigenvalue weighted by atomic mass is 9.95. The van der Waals surface area contributed by atoms with Gasteiger partial charge in [-0.3, -0.25) is 28.5 Å². The molecule has 2 saturated heterocycles. The van der Waals surface area contributed by atoms with Crippen LogP contribution in [0.25, 0.3) is 0 Å². The summed E-state index contributed by atoms with van der Waals surface area (Å²) >= 11 is 0. The van der Waals surface area contributed by atoms with E-state index in [1.807, 2.05) is 0 Å². The van der Waals surface area contributed by atoms with Gasteiger partial charge in [-0.05, 0) is 44.9 Å². The Bertz CT molecular complexity index is 1900. The van der Waals surface area contributed by atoms with E-state index in [0.29, 0.717) is 44.9 Å². The first-order valence-corrected chi connectivity index (χ1v) is 35.6. The van der Waals surface area contributed by atoms with E-state index >= 15 is 0 Å². The average molecular weight is 1280 g/mol. The van der Waals surface area contributed by atoms with Crippen LogP contribution in [0.4, 0.5) is 0 Å². The highest BCUT2D eigenvalue weighted by Gasteiger charge is 2.52. The maximum atomic E-state index is 14.2. The van der Waals surface area contributed by atoms with Gasteiger partial charge < -0.3 is 79.5 Å². The van der Waals surface area contributed by atoms with Crippen molar-refractivity contribution in [1.29, 1.82) is 0 Å². The molecule has 2 amide bonds. The highest BCUT2D eigenvalue weighted by atomic mass is 31.2. The van der Waals surface area contributed by atoms with E-state index in [4.69, 9.17) is 32.9 Å². The topological polar surface area (TPSA) is 353 Å². The first kappa shape index (κ1) is 81.2. The molecule has 2 rings (SSSR count). The molecule has 0 aliphatic carbocycles. The second-order valence-corrected chi connectivity index (χ2v) is 25.7. The van der Waals surface area contributed by atoms with Crippen molar-refractivity contribution in [3.05, 3.63) is 0 Å². The molecule has 0 radical (unpaired) electrons. The average Bonchev–Trinajstić information content (AvgIpc) is 1.37. The van der Waals surface area contributed by atoms with Gasteiger partial charge in [-0.25, -0.2) is 4.57 Å². The van der Waals surface area contributed by atoms with E-state index in [1.165, 1.54) is 25.7 Å². The van der Waals surface area contributed by atoms with Crippen LogP contribution in [0.1, 0.15) is 279 Å². The Labute approximate surface area is 525 Å². The quantitative estimate of drug-likeness (QED) is 0.0117. The molecular formula is C64H119N2O21P. The molecule has 0 aromatic carbocycles. The molecule has 14 unspecified atom stereocenters. The Balaban J connectivity index is 2.46. The minimum absolute atomic E-state index is 0.138. The summed E-state index contributed by atoms with van der Waals surface area (Å²) in [4.78, 5) is 88.8. The van der Waals surface area contributed by atoms with Gasteiger partial charge in [0.15, 0.2) is 18.7 Å². The first-order chi connectivity index (χ1) is 42.2. The van der Waals surface area contributed by atoms with Gasteiger partial charge in [0.25, 0.3) is 0 Å². The fraction of sp³-hybridized carbons (Fsp3) is 0.922. The molecule has 0 aromatic rings. The second kappa shape index (κ2) is 48.8. The highest BCUT2D eigenvalue weighted by Crippen LogP contribution is 2.41. The van der Waals surface area contributed by atoms with Gasteiger partial charge in [-0.15, -0.1) is 0 Å². The van der Waals surface area contributed by atoms with Crippen molar-refractivity contribution in [3.8, 4) is 0 Å². The monoisotopic (exact) mass is 1280 g/mol. The summed E-state index contributed by atoms with van der Waals surface area (Å²) in [6.07, 6.45) is 7.97. The lowest BCUT2D eigenvalue weighted by Crippen LogP contribution is -2.67. The number of amides is 2. The molecule has 2 fully saturated rings. The molecule has 24 heteroatoms. The molecule has 0 bridgehead atoms. The number of phosphoric acid groups is 1. The smallest absolute Gasteiger partial charge is 0.462 e. The number of aliphatic hydroxyl groups excluding tert-OH is 6. The number of rotatable bonds is 53. The minimum atomic E-state index is -5.56. The van der Waals surface area contributed by atoms with Gasteiger partial charge in [0.2, 0.25) is 11.8 Å². The lowest BCUT2D eigenvalue weighted by molar-refractivity contribution is -0.297. The first-order valence-electron chi connectivity index (χ1n) is 34.0. The number of ether oxygens (including phenoxy) is 6. The predicted octanol–water partition coefficient (Wildman–Crippen LogP) is 8.99. The van der Waals surface area contributed by atoms with Crippen molar-refractivity contribution >= 4 is 37.5 Å². The van der Waals surface area contributed by atoms with Crippen molar-refractivity contribution in [2.75, 3.05) is 13.2 Å². The molecule has 0 spiro atoms. The third kappa shape index (κ3) is 36.4. The van der Waals surface area contributed by atoms with Crippen molar-refractivity contribution < 1.29 is 102 Å². The Kier molecular flexibility index (Phi) is 45.0. The summed E-state index contributed by atoms with van der Waals surface area (Å²) in [5, 5.41) is 71.5. The van der Waals surface area contributed by atoms with Crippen LogP contribution in [0.15, 0.2) is 0 Å². The van der Waals surface area contributed by atoms with E-state index in [-0.39, 0.29) is 19.3 Å². The van der Waals surface area contributed by atoms with Gasteiger partial charge in [0.1, 0.15) is 54.8 Å². The molecule has 2 aliphatic heterocycles. The number of carbonyl (C=O) groups excluding carboxylic acids is 5. The van der Waals surface area contributed by atoms with Gasteiger partial charge in [0.05, 0.1) is 51.1 Å². The maximum Gasteiger partial charge on any atom is 0.472 e. The van der Waals surface area contributed by atoms with Crippen LogP contribution in [-0.4, -0.2) is 169 Å². The molecular weight excluding hydrogens is 1160 g/mol. The van der Waals surface area contributed by atoms with Crippen LogP contribution in [0, 0.1) is 0 Å². The maximum absolute atomic E-state index is 14.2. The summed E-state index contributed by atoms with van der Waals surface area (Å²) in [5.74, 6) is -3.86. The zero-order valence-electron chi connectivity index (χ0n) is 54.2. The molecule has 2 heterocycles. The highest BCUT2D eigenvalue weighted by molar-refractivity contribution is 7.46. The summed E-state index contributed by atoms with van der Waals surface area (Å²) < 4.78 is 53.1. The number of esters is 3. The zero-order chi connectivity index (χ0) is 65.1. The number of unbranched alkanes of at least 4 members (excludes halogenated alkanes) is 24. The van der Waals surface area contributed by atoms with Crippen LogP contribution in [0.5, 0.6) is 0 Å². The van der Waals surface area contributed by atoms with Crippen LogP contribution in [0.2, 0.25) is 0 Å². The Morgan fingerprint density at radius 2 is 0.864 bits per heavy atom. The van der Waals surface area contributed by atoms with E-state index in [9.17, 15) is 69.0 Å². The molecule has 2 aliphatic rings. The third-order valence-electron chi connectivity index (χ3n) is 16.4. The number of hydrogen-bond donors (Lipinski definition) is 10. The Hall–Kier alpha value is -2.90. The lowest BCUT2D eigenvalue weighted by Gasteiger charge is -2.45. The zero-order valence-corrected chi connectivity index (χ0v) is 55.1. The standard InChI is InChI=1S/C64H119N2O21P/c1-6-11-16-21-22-23-24-29-34-39-54(72)82-48(37-32-27-19-14-9-4)42-53(71)66-58-62(86-56(74)41-47(69)36-31-26-18-13-8-3)60(76)51(85-64(58)87-88(78,79)80)45-81-63-57(61(77)59(75)50(44-67)84-63)65-52(70)43-49(38-33-28-20-15-10-5)83-55(73)40-46(68)35-30-25-17-12-7-2/h46-51,57-64,67-69,75-77H,6-45H2,1-5H3,(H,65,70)(H,66,71)(H2,78,79,80). The van der Waals surface area contributed by atoms with Crippen molar-refractivity contribution in [3.63, 3.8) is 0 Å². The van der Waals surface area contributed by atoms with Crippen LogP contribution < -0.4 is 10.6 Å². The number of hydrogen-bond acceptors (Lipinski definition) is 19. The van der Waals surface area contributed by atoms with Gasteiger partial charge >= 0.3 is 25.7 Å². The number of aliphatic hydroxyl groups is 6. The summed E-state index contributed by atoms with van der Waals surface area (Å²) in [7, 11) is -5.56. The predicted molar refractivity (Wildman–Crippen MR) is 331 cm³/mol. The van der Waals surface area contributed by atoms with E-state index in [0.717, 1.165) is 135 Å². The van der Waals surface area contributed by atoms with Gasteiger partial charge in [-0.1, -0.05) is 202 Å². The van der Waals surface area contributed by atoms with Gasteiger partial charge in [0, 0.05) is 6.42 Å². The molecule has 23 nitrogen and oxygen atoms in total. The summed E-state index contributed by atoms with van der Waals surface area (Å²) in [6, 6.07) is -3.47. The summed E-state index contributed by atoms with van der Waals surface area (Å²) in [5.41, 5.74) is 0. The number of phosphoric ester groups is 1. The molecule has 0 aromatic heterocycles. The summed E-state index contributed by atoms with van der Waals surface area (Å²) in [6.45, 7) is 8.79. The molecule has 88 heavy (non-hydrogen) atoms. The van der Waals surface area contributed by atoms with Crippen LogP contribution in [0.3, 0.4) is 0 Å². The van der Waals surface area contributed by atoms with E-state index < -0.39 is 156 Å². The fourth-order valence-corrected chi connectivity index (χ4v) is 11.7. The SMILES string of the molecule is CCCCCCCCCCCC(=O)OC(CCCCCCC)CC(=O)NC1C(OP(=O)(O)O)OC(COC2OC(CO)C(O)C(O)C2NC(=O)CC(CCCCCCC)OC(=O)CC(O)CCCCCCC)C(O)C1OC(=O)CC(O)CCCCCCC. The normalized spacial score (nSPS) is 23.6. The largest absolute Gasteiger partial charge is 0.472 e. The molecule has 516 valence electrons. The fourth-order valence-electron chi connectivity index (χ4n) is 11.2. The minimum Gasteiger partial charge on any atom is -0.462 e. The second-order valence-electron chi connectivity index (χ2n) is 24.5.